The minimum atomic E-state index is -0.0884. The van der Waals surface area contributed by atoms with Gasteiger partial charge >= 0.3 is 0 Å². The first-order valence-corrected chi connectivity index (χ1v) is 6.89. The van der Waals surface area contributed by atoms with Crippen LogP contribution in [0.2, 0.25) is 0 Å². The molecule has 0 saturated carbocycles. The van der Waals surface area contributed by atoms with E-state index in [1.165, 1.54) is 0 Å². The Morgan fingerprint density at radius 1 is 1.33 bits per heavy atom. The predicted octanol–water partition coefficient (Wildman–Crippen LogP) is 1.92. The van der Waals surface area contributed by atoms with Crippen LogP contribution in [-0.4, -0.2) is 39.3 Å². The van der Waals surface area contributed by atoms with E-state index >= 15 is 0 Å². The Hall–Kier alpha value is -1.30. The number of carbonyl (C=O) groups excluding carboxylic acids is 1. The van der Waals surface area contributed by atoms with Gasteiger partial charge in [-0.1, -0.05) is 18.2 Å². The Morgan fingerprint density at radius 2 is 2.05 bits per heavy atom. The van der Waals surface area contributed by atoms with E-state index in [-0.39, 0.29) is 30.9 Å². The van der Waals surface area contributed by atoms with Crippen molar-refractivity contribution >= 4 is 18.3 Å². The number of carbonyl (C=O) groups is 1. The van der Waals surface area contributed by atoms with Gasteiger partial charge in [-0.3, -0.25) is 4.79 Å². The zero-order chi connectivity index (χ0) is 14.8. The molecule has 1 rings (SSSR count). The molecule has 1 unspecified atom stereocenters. The van der Waals surface area contributed by atoms with Gasteiger partial charge in [-0.05, 0) is 19.9 Å². The van der Waals surface area contributed by atoms with Crippen molar-refractivity contribution in [1.29, 1.82) is 0 Å². The third-order valence-electron chi connectivity index (χ3n) is 2.83. The Morgan fingerprint density at radius 3 is 2.71 bits per heavy atom. The second-order valence-corrected chi connectivity index (χ2v) is 4.43. The van der Waals surface area contributed by atoms with E-state index in [4.69, 9.17) is 9.47 Å². The molecule has 0 fully saturated rings. The number of methoxy groups -OCH3 is 1. The average molecular weight is 317 g/mol. The molecule has 0 saturated heterocycles. The van der Waals surface area contributed by atoms with Gasteiger partial charge < -0.3 is 20.1 Å². The van der Waals surface area contributed by atoms with Crippen molar-refractivity contribution in [3.05, 3.63) is 29.8 Å². The highest BCUT2D eigenvalue weighted by Gasteiger charge is 2.13. The summed E-state index contributed by atoms with van der Waals surface area (Å²) in [4.78, 5) is 11.8. The van der Waals surface area contributed by atoms with Gasteiger partial charge in [0.1, 0.15) is 5.75 Å². The van der Waals surface area contributed by atoms with Crippen LogP contribution in [0.4, 0.5) is 0 Å². The smallest absolute Gasteiger partial charge is 0.234 e. The molecule has 0 spiro atoms. The molecule has 0 bridgehead atoms. The summed E-state index contributed by atoms with van der Waals surface area (Å²) >= 11 is 0. The number of benzene rings is 1. The summed E-state index contributed by atoms with van der Waals surface area (Å²) in [5.41, 5.74) is 0.986. The second-order valence-electron chi connectivity index (χ2n) is 4.43. The Kier molecular flexibility index (Phi) is 10.7. The number of para-hydroxylation sites is 1. The van der Waals surface area contributed by atoms with Crippen LogP contribution in [0.3, 0.4) is 0 Å². The molecule has 120 valence electrons. The molecule has 6 heteroatoms. The van der Waals surface area contributed by atoms with E-state index < -0.39 is 0 Å². The highest BCUT2D eigenvalue weighted by atomic mass is 35.5. The van der Waals surface area contributed by atoms with Crippen LogP contribution in [0.15, 0.2) is 24.3 Å². The summed E-state index contributed by atoms with van der Waals surface area (Å²) < 4.78 is 10.5. The number of amides is 1. The van der Waals surface area contributed by atoms with E-state index in [0.29, 0.717) is 19.8 Å². The van der Waals surface area contributed by atoms with E-state index in [2.05, 4.69) is 10.6 Å². The standard InChI is InChI=1S/C15H24N2O3.ClH/c1-4-20-14-8-6-5-7-13(14)12(2)17-15(18)11-16-9-10-19-3;/h5-8,12,16H,4,9-11H2,1-3H3,(H,17,18);1H. The fourth-order valence-corrected chi connectivity index (χ4v) is 1.87. The molecule has 0 heterocycles. The molecule has 1 atom stereocenters. The van der Waals surface area contributed by atoms with Gasteiger partial charge in [-0.25, -0.2) is 0 Å². The maximum Gasteiger partial charge on any atom is 0.234 e. The SMILES string of the molecule is CCOc1ccccc1C(C)NC(=O)CNCCOC.Cl. The molecule has 1 aromatic rings. The number of nitrogens with one attached hydrogen (secondary N) is 2. The van der Waals surface area contributed by atoms with Crippen LogP contribution in [-0.2, 0) is 9.53 Å². The van der Waals surface area contributed by atoms with Crippen LogP contribution >= 0.6 is 12.4 Å². The summed E-state index contributed by atoms with van der Waals surface area (Å²) in [5, 5.41) is 5.96. The zero-order valence-electron chi connectivity index (χ0n) is 12.8. The fraction of sp³-hybridized carbons (Fsp3) is 0.533. The zero-order valence-corrected chi connectivity index (χ0v) is 13.7. The van der Waals surface area contributed by atoms with Crippen molar-refractivity contribution in [2.45, 2.75) is 19.9 Å². The third kappa shape index (κ3) is 7.32. The van der Waals surface area contributed by atoms with Gasteiger partial charge in [-0.2, -0.15) is 0 Å². The molecule has 0 aromatic heterocycles. The maximum atomic E-state index is 11.8. The van der Waals surface area contributed by atoms with E-state index in [9.17, 15) is 4.79 Å². The van der Waals surface area contributed by atoms with Gasteiger partial charge in [0.05, 0.1) is 25.8 Å². The summed E-state index contributed by atoms with van der Waals surface area (Å²) in [6.45, 7) is 6.04. The second kappa shape index (κ2) is 11.4. The summed E-state index contributed by atoms with van der Waals surface area (Å²) in [5.74, 6) is 0.773. The van der Waals surface area contributed by atoms with Crippen LogP contribution < -0.4 is 15.4 Å². The van der Waals surface area contributed by atoms with Crippen molar-refractivity contribution < 1.29 is 14.3 Å². The lowest BCUT2D eigenvalue weighted by Gasteiger charge is -2.18. The molecule has 2 N–H and O–H groups in total. The summed E-state index contributed by atoms with van der Waals surface area (Å²) in [6, 6.07) is 7.66. The van der Waals surface area contributed by atoms with Crippen LogP contribution in [0.5, 0.6) is 5.75 Å². The maximum absolute atomic E-state index is 11.8. The van der Waals surface area contributed by atoms with Crippen molar-refractivity contribution in [3.63, 3.8) is 0 Å². The van der Waals surface area contributed by atoms with E-state index in [1.54, 1.807) is 7.11 Å². The first kappa shape index (κ1) is 19.7. The Labute approximate surface area is 132 Å². The number of ether oxygens (including phenoxy) is 2. The highest BCUT2D eigenvalue weighted by Crippen LogP contribution is 2.24. The van der Waals surface area contributed by atoms with Gasteiger partial charge in [0, 0.05) is 19.2 Å². The fourth-order valence-electron chi connectivity index (χ4n) is 1.87. The molecule has 21 heavy (non-hydrogen) atoms. The van der Waals surface area contributed by atoms with E-state index in [1.807, 2.05) is 38.1 Å². The van der Waals surface area contributed by atoms with Crippen molar-refractivity contribution in [2.24, 2.45) is 0 Å². The molecule has 0 aliphatic heterocycles. The number of rotatable bonds is 9. The molecule has 0 aliphatic carbocycles. The lowest BCUT2D eigenvalue weighted by molar-refractivity contribution is -0.120. The normalized spacial score (nSPS) is 11.4. The monoisotopic (exact) mass is 316 g/mol. The number of halogens is 1. The summed E-state index contributed by atoms with van der Waals surface area (Å²) in [6.07, 6.45) is 0. The summed E-state index contributed by atoms with van der Waals surface area (Å²) in [7, 11) is 1.63. The lowest BCUT2D eigenvalue weighted by Crippen LogP contribution is -2.36. The topological polar surface area (TPSA) is 59.6 Å². The first-order valence-electron chi connectivity index (χ1n) is 6.89. The van der Waals surface area contributed by atoms with Crippen molar-refractivity contribution in [3.8, 4) is 5.75 Å². The number of hydrogen-bond donors (Lipinski definition) is 2. The van der Waals surface area contributed by atoms with Crippen LogP contribution in [0.25, 0.3) is 0 Å². The molecule has 1 amide bonds. The lowest BCUT2D eigenvalue weighted by atomic mass is 10.1. The van der Waals surface area contributed by atoms with Gasteiger partial charge in [0.25, 0.3) is 0 Å². The van der Waals surface area contributed by atoms with Crippen molar-refractivity contribution in [2.75, 3.05) is 33.4 Å². The van der Waals surface area contributed by atoms with Crippen LogP contribution in [0, 0.1) is 0 Å². The molecular weight excluding hydrogens is 292 g/mol. The Balaban J connectivity index is 0.00000400. The largest absolute Gasteiger partial charge is 0.494 e. The molecule has 5 nitrogen and oxygen atoms in total. The highest BCUT2D eigenvalue weighted by molar-refractivity contribution is 5.85. The van der Waals surface area contributed by atoms with Crippen molar-refractivity contribution in [1.82, 2.24) is 10.6 Å². The van der Waals surface area contributed by atoms with Gasteiger partial charge in [-0.15, -0.1) is 12.4 Å². The minimum absolute atomic E-state index is 0. The number of hydrogen-bond acceptors (Lipinski definition) is 4. The van der Waals surface area contributed by atoms with Gasteiger partial charge in [0.15, 0.2) is 0 Å². The molecule has 1 aromatic carbocycles. The van der Waals surface area contributed by atoms with Gasteiger partial charge in [0.2, 0.25) is 5.91 Å². The third-order valence-corrected chi connectivity index (χ3v) is 2.83. The Bertz CT molecular complexity index is 416. The first-order chi connectivity index (χ1) is 9.69. The quantitative estimate of drug-likeness (QED) is 0.683. The minimum Gasteiger partial charge on any atom is -0.494 e. The average Bonchev–Trinajstić information content (AvgIpc) is 2.44. The molecule has 0 radical (unpaired) electrons. The van der Waals surface area contributed by atoms with Crippen LogP contribution in [0.1, 0.15) is 25.5 Å². The molecule has 0 aliphatic rings. The van der Waals surface area contributed by atoms with E-state index in [0.717, 1.165) is 11.3 Å². The predicted molar refractivity (Wildman–Crippen MR) is 86.2 cm³/mol. The molecular formula is C15H25ClN2O3.